The van der Waals surface area contributed by atoms with E-state index < -0.39 is 0 Å². The van der Waals surface area contributed by atoms with Crippen molar-refractivity contribution in [3.05, 3.63) is 54.4 Å². The van der Waals surface area contributed by atoms with E-state index in [0.29, 0.717) is 22.8 Å². The standard InChI is InChI=1S/C19H16N8O2/c1-11-5-4-7-27-14(11)9-13(24-27)16-15-12(20-10-21-15)6-8-26(16)19-23-22-17(29-19)18(28)25(2)3/h4-10H,1-3H3. The molecule has 29 heavy (non-hydrogen) atoms. The van der Waals surface area contributed by atoms with Crippen LogP contribution in [0.1, 0.15) is 16.2 Å². The van der Waals surface area contributed by atoms with E-state index in [2.05, 4.69) is 20.2 Å². The maximum Gasteiger partial charge on any atom is 0.327 e. The first-order valence-corrected chi connectivity index (χ1v) is 8.86. The zero-order chi connectivity index (χ0) is 20.1. The maximum atomic E-state index is 12.2. The second kappa shape index (κ2) is 6.23. The molecule has 0 spiro atoms. The number of pyridine rings is 2. The Kier molecular flexibility index (Phi) is 3.66. The summed E-state index contributed by atoms with van der Waals surface area (Å²) in [6.45, 7) is 2.02. The molecule has 0 fully saturated rings. The van der Waals surface area contributed by atoms with Gasteiger partial charge in [-0.1, -0.05) is 11.2 Å². The molecule has 1 amide bonds. The summed E-state index contributed by atoms with van der Waals surface area (Å²) in [7, 11) is 3.24. The quantitative estimate of drug-likeness (QED) is 0.466. The highest BCUT2D eigenvalue weighted by molar-refractivity contribution is 5.89. The fraction of sp³-hybridized carbons (Fsp3) is 0.158. The van der Waals surface area contributed by atoms with Crippen LogP contribution in [0.2, 0.25) is 0 Å². The van der Waals surface area contributed by atoms with Crippen molar-refractivity contribution >= 4 is 11.4 Å². The van der Waals surface area contributed by atoms with E-state index in [0.717, 1.165) is 11.1 Å². The van der Waals surface area contributed by atoms with Gasteiger partial charge in [0.15, 0.2) is 0 Å². The Morgan fingerprint density at radius 1 is 1.10 bits per heavy atom. The van der Waals surface area contributed by atoms with Gasteiger partial charge in [0.05, 0.1) is 11.2 Å². The SMILES string of the molecule is Cc1cccn2nc(-c3c4ncnc-4ccn3-c3nnc(C(=O)N(C)C)o3)cc12. The third-order valence-electron chi connectivity index (χ3n) is 4.64. The average Bonchev–Trinajstić information content (AvgIpc) is 3.45. The number of fused-ring (bicyclic) bond motifs is 2. The van der Waals surface area contributed by atoms with E-state index in [1.165, 1.54) is 11.2 Å². The van der Waals surface area contributed by atoms with Gasteiger partial charge in [0, 0.05) is 26.5 Å². The monoisotopic (exact) mass is 388 g/mol. The van der Waals surface area contributed by atoms with Crippen LogP contribution in [-0.2, 0) is 0 Å². The number of carbonyl (C=O) groups excluding carboxylic acids is 1. The zero-order valence-electron chi connectivity index (χ0n) is 15.9. The predicted octanol–water partition coefficient (Wildman–Crippen LogP) is 2.08. The molecule has 2 aliphatic heterocycles. The molecule has 0 saturated heterocycles. The summed E-state index contributed by atoms with van der Waals surface area (Å²) in [5.41, 5.74) is 4.75. The third-order valence-corrected chi connectivity index (χ3v) is 4.64. The topological polar surface area (TPSA) is 107 Å². The predicted molar refractivity (Wildman–Crippen MR) is 103 cm³/mol. The second-order valence-corrected chi connectivity index (χ2v) is 6.78. The molecule has 3 aromatic heterocycles. The van der Waals surface area contributed by atoms with Crippen LogP contribution in [0.3, 0.4) is 0 Å². The van der Waals surface area contributed by atoms with Crippen LogP contribution in [0.5, 0.6) is 0 Å². The van der Waals surface area contributed by atoms with Crippen molar-refractivity contribution in [2.75, 3.05) is 14.1 Å². The number of aryl methyl sites for hydroxylation is 1. The van der Waals surface area contributed by atoms with Crippen molar-refractivity contribution in [3.8, 4) is 28.8 Å². The van der Waals surface area contributed by atoms with Crippen molar-refractivity contribution in [3.63, 3.8) is 0 Å². The van der Waals surface area contributed by atoms with Gasteiger partial charge in [-0.2, -0.15) is 5.10 Å². The van der Waals surface area contributed by atoms with Gasteiger partial charge in [-0.05, 0) is 30.7 Å². The van der Waals surface area contributed by atoms with Crippen LogP contribution in [0.15, 0.2) is 47.4 Å². The lowest BCUT2D eigenvalue weighted by Crippen LogP contribution is -2.21. The zero-order valence-corrected chi connectivity index (χ0v) is 15.9. The van der Waals surface area contributed by atoms with Crippen LogP contribution >= 0.6 is 0 Å². The molecule has 0 unspecified atom stereocenters. The normalized spacial score (nSPS) is 11.4. The molecule has 3 aromatic rings. The summed E-state index contributed by atoms with van der Waals surface area (Å²) in [6.07, 6.45) is 5.13. The molecule has 0 radical (unpaired) electrons. The smallest absolute Gasteiger partial charge is 0.327 e. The Balaban J connectivity index is 1.74. The summed E-state index contributed by atoms with van der Waals surface area (Å²) in [6, 6.07) is 7.87. The Bertz CT molecular complexity index is 1330. The molecule has 10 heteroatoms. The van der Waals surface area contributed by atoms with Gasteiger partial charge in [0.1, 0.15) is 23.4 Å². The van der Waals surface area contributed by atoms with Gasteiger partial charge < -0.3 is 9.32 Å². The minimum atomic E-state index is -0.372. The maximum absolute atomic E-state index is 12.2. The average molecular weight is 388 g/mol. The highest BCUT2D eigenvalue weighted by Crippen LogP contribution is 2.33. The summed E-state index contributed by atoms with van der Waals surface area (Å²) in [5.74, 6) is -0.466. The van der Waals surface area contributed by atoms with E-state index in [9.17, 15) is 4.79 Å². The Morgan fingerprint density at radius 3 is 2.76 bits per heavy atom. The number of carbonyl (C=O) groups is 1. The fourth-order valence-electron chi connectivity index (χ4n) is 3.18. The molecule has 0 N–H and O–H groups in total. The van der Waals surface area contributed by atoms with Crippen molar-refractivity contribution < 1.29 is 9.21 Å². The number of nitrogens with zero attached hydrogens (tertiary/aromatic N) is 8. The van der Waals surface area contributed by atoms with Crippen LogP contribution in [0, 0.1) is 6.92 Å². The van der Waals surface area contributed by atoms with Crippen molar-refractivity contribution in [1.82, 2.24) is 39.2 Å². The molecule has 0 saturated carbocycles. The van der Waals surface area contributed by atoms with E-state index in [-0.39, 0.29) is 17.8 Å². The molecule has 0 atom stereocenters. The number of rotatable bonds is 3. The van der Waals surface area contributed by atoms with Gasteiger partial charge in [0.25, 0.3) is 0 Å². The van der Waals surface area contributed by atoms with Gasteiger partial charge in [-0.3, -0.25) is 9.36 Å². The van der Waals surface area contributed by atoms with E-state index in [4.69, 9.17) is 9.52 Å². The largest absolute Gasteiger partial charge is 0.398 e. The minimum absolute atomic E-state index is 0.0945. The highest BCUT2D eigenvalue weighted by atomic mass is 16.4. The van der Waals surface area contributed by atoms with Crippen LogP contribution in [0.4, 0.5) is 0 Å². The molecule has 0 aliphatic carbocycles. The van der Waals surface area contributed by atoms with Crippen molar-refractivity contribution in [2.24, 2.45) is 0 Å². The molecule has 5 heterocycles. The third kappa shape index (κ3) is 2.64. The molecular weight excluding hydrogens is 372 g/mol. The number of hydrogen-bond donors (Lipinski definition) is 0. The van der Waals surface area contributed by atoms with Crippen LogP contribution < -0.4 is 0 Å². The van der Waals surface area contributed by atoms with E-state index in [1.54, 1.807) is 35.4 Å². The number of aromatic nitrogens is 7. The summed E-state index contributed by atoms with van der Waals surface area (Å²) in [5, 5.41) is 12.6. The van der Waals surface area contributed by atoms with Crippen molar-refractivity contribution in [2.45, 2.75) is 6.92 Å². The minimum Gasteiger partial charge on any atom is -0.398 e. The van der Waals surface area contributed by atoms with Crippen molar-refractivity contribution in [1.29, 1.82) is 0 Å². The van der Waals surface area contributed by atoms with Gasteiger partial charge in [-0.25, -0.2) is 14.5 Å². The summed E-state index contributed by atoms with van der Waals surface area (Å²) < 4.78 is 9.12. The molecule has 5 rings (SSSR count). The molecular formula is C19H16N8O2. The lowest BCUT2D eigenvalue weighted by atomic mass is 10.1. The second-order valence-electron chi connectivity index (χ2n) is 6.78. The first-order valence-electron chi connectivity index (χ1n) is 8.86. The highest BCUT2D eigenvalue weighted by Gasteiger charge is 2.24. The van der Waals surface area contributed by atoms with Gasteiger partial charge >= 0.3 is 17.8 Å². The van der Waals surface area contributed by atoms with Gasteiger partial charge in [0.2, 0.25) is 0 Å². The first-order chi connectivity index (χ1) is 14.0. The molecule has 0 aromatic carbocycles. The lowest BCUT2D eigenvalue weighted by molar-refractivity contribution is 0.0788. The number of imidazole rings is 1. The molecule has 10 nitrogen and oxygen atoms in total. The summed E-state index contributed by atoms with van der Waals surface area (Å²) in [4.78, 5) is 22.2. The number of amides is 1. The fourth-order valence-corrected chi connectivity index (χ4v) is 3.18. The van der Waals surface area contributed by atoms with Crippen LogP contribution in [-0.4, -0.2) is 59.2 Å². The molecule has 144 valence electrons. The number of hydrogen-bond acceptors (Lipinski definition) is 7. The first kappa shape index (κ1) is 17.0. The Morgan fingerprint density at radius 2 is 1.97 bits per heavy atom. The summed E-state index contributed by atoms with van der Waals surface area (Å²) >= 11 is 0. The Hall–Kier alpha value is -4.08. The van der Waals surface area contributed by atoms with Gasteiger partial charge in [-0.15, -0.1) is 5.10 Å². The van der Waals surface area contributed by atoms with E-state index >= 15 is 0 Å². The van der Waals surface area contributed by atoms with Crippen LogP contribution in [0.25, 0.3) is 34.3 Å². The molecule has 2 aliphatic rings. The Labute approximate surface area is 164 Å². The van der Waals surface area contributed by atoms with E-state index in [1.807, 2.05) is 31.3 Å². The lowest BCUT2D eigenvalue weighted by Gasteiger charge is -2.11. The molecule has 0 bridgehead atoms.